The highest BCUT2D eigenvalue weighted by atomic mass is 16.8. The summed E-state index contributed by atoms with van der Waals surface area (Å²) < 4.78 is 27.2. The maximum absolute atomic E-state index is 12.7. The Kier molecular flexibility index (Phi) is 9.02. The van der Waals surface area contributed by atoms with Crippen molar-refractivity contribution in [3.05, 3.63) is 59.4 Å². The largest absolute Gasteiger partial charge is 0.508 e. The maximum atomic E-state index is 12.7. The minimum atomic E-state index is -1.72. The highest BCUT2D eigenvalue weighted by molar-refractivity contribution is 5.90. The van der Waals surface area contributed by atoms with Gasteiger partial charge in [0.25, 0.3) is 0 Å². The first kappa shape index (κ1) is 28.7. The first-order valence-corrected chi connectivity index (χ1v) is 12.1. The molecule has 4 rings (SSSR count). The van der Waals surface area contributed by atoms with Crippen molar-refractivity contribution in [2.45, 2.75) is 43.1 Å². The maximum Gasteiger partial charge on any atom is 0.337 e. The fraction of sp³-hybridized carbons (Fsp3) is 0.462. The Morgan fingerprint density at radius 1 is 1.00 bits per heavy atom. The number of phenols is 1. The summed E-state index contributed by atoms with van der Waals surface area (Å²) in [6, 6.07) is 6.08. The van der Waals surface area contributed by atoms with E-state index in [0.717, 1.165) is 19.4 Å². The second kappa shape index (κ2) is 12.3. The van der Waals surface area contributed by atoms with E-state index >= 15 is 0 Å². The van der Waals surface area contributed by atoms with Gasteiger partial charge in [0, 0.05) is 12.0 Å². The molecule has 0 bridgehead atoms. The molecule has 2 aliphatic heterocycles. The number of aromatic hydroxyl groups is 1. The van der Waals surface area contributed by atoms with Crippen LogP contribution in [0.2, 0.25) is 0 Å². The quantitative estimate of drug-likeness (QED) is 0.127. The van der Waals surface area contributed by atoms with Crippen molar-refractivity contribution in [3.8, 4) is 5.75 Å². The SMILES string of the molecule is COC(=O)C1=COC(OC2OC(CO)C(O)C(O)C2O)C2C(CO)=CC(OC(=O)/C=C/c3ccc(O)cc3)C12. The summed E-state index contributed by atoms with van der Waals surface area (Å²) in [6.45, 7) is -1.20. The second-order valence-electron chi connectivity index (χ2n) is 9.18. The van der Waals surface area contributed by atoms with Crippen LogP contribution in [0.25, 0.3) is 6.08 Å². The van der Waals surface area contributed by atoms with Gasteiger partial charge in [0.1, 0.15) is 36.3 Å². The van der Waals surface area contributed by atoms with E-state index in [1.165, 1.54) is 24.3 Å². The molecule has 2 heterocycles. The average molecular weight is 551 g/mol. The molecular weight excluding hydrogens is 520 g/mol. The molecule has 6 N–H and O–H groups in total. The number of carbonyl (C=O) groups excluding carboxylic acids is 2. The van der Waals surface area contributed by atoms with Crippen LogP contribution in [0.15, 0.2) is 53.8 Å². The minimum absolute atomic E-state index is 0.00355. The van der Waals surface area contributed by atoms with E-state index < -0.39 is 80.1 Å². The van der Waals surface area contributed by atoms with Crippen molar-refractivity contribution in [2.75, 3.05) is 20.3 Å². The van der Waals surface area contributed by atoms with Crippen LogP contribution in [0.4, 0.5) is 0 Å². The van der Waals surface area contributed by atoms with E-state index in [4.69, 9.17) is 23.7 Å². The summed E-state index contributed by atoms with van der Waals surface area (Å²) in [5.41, 5.74) is 0.912. The number of aliphatic hydroxyl groups is 5. The topological polar surface area (TPSA) is 202 Å². The molecule has 0 saturated carbocycles. The molecule has 212 valence electrons. The number of hydrogen-bond donors (Lipinski definition) is 6. The van der Waals surface area contributed by atoms with E-state index in [2.05, 4.69) is 0 Å². The summed E-state index contributed by atoms with van der Waals surface area (Å²) in [5, 5.41) is 59.5. The molecule has 1 saturated heterocycles. The van der Waals surface area contributed by atoms with E-state index in [1.54, 1.807) is 12.1 Å². The molecule has 3 aliphatic rings. The average Bonchev–Trinajstić information content (AvgIpc) is 3.31. The molecular formula is C26H30O13. The van der Waals surface area contributed by atoms with Gasteiger partial charge in [-0.2, -0.15) is 0 Å². The standard InChI is InChI=1S/C26H30O13/c1-35-24(34)15-11-36-25(39-26-23(33)22(32)21(31)17(10-28)38-26)19-13(9-27)8-16(20(15)19)37-18(30)7-4-12-2-5-14(29)6-3-12/h2-8,11,16-17,19-23,25-29,31-33H,9-10H2,1H3/b7-4+. The van der Waals surface area contributed by atoms with Crippen LogP contribution in [0, 0.1) is 11.8 Å². The Balaban J connectivity index is 1.56. The number of rotatable bonds is 8. The van der Waals surface area contributed by atoms with E-state index in [-0.39, 0.29) is 11.3 Å². The number of methoxy groups -OCH3 is 1. The monoisotopic (exact) mass is 550 g/mol. The van der Waals surface area contributed by atoms with Gasteiger partial charge in [0.2, 0.25) is 6.29 Å². The van der Waals surface area contributed by atoms with Gasteiger partial charge in [0.15, 0.2) is 6.29 Å². The van der Waals surface area contributed by atoms with E-state index in [9.17, 15) is 40.2 Å². The third-order valence-electron chi connectivity index (χ3n) is 6.81. The van der Waals surface area contributed by atoms with Crippen molar-refractivity contribution in [1.29, 1.82) is 0 Å². The lowest BCUT2D eigenvalue weighted by molar-refractivity contribution is -0.340. The second-order valence-corrected chi connectivity index (χ2v) is 9.18. The zero-order valence-corrected chi connectivity index (χ0v) is 20.8. The smallest absolute Gasteiger partial charge is 0.337 e. The molecule has 0 amide bonds. The van der Waals surface area contributed by atoms with Gasteiger partial charge in [-0.15, -0.1) is 0 Å². The lowest BCUT2D eigenvalue weighted by Crippen LogP contribution is -2.60. The number of benzene rings is 1. The number of carbonyl (C=O) groups is 2. The van der Waals surface area contributed by atoms with Gasteiger partial charge in [0.05, 0.1) is 38.1 Å². The molecule has 1 aromatic rings. The zero-order chi connectivity index (χ0) is 28.3. The summed E-state index contributed by atoms with van der Waals surface area (Å²) in [7, 11) is 1.16. The first-order chi connectivity index (χ1) is 18.7. The summed E-state index contributed by atoms with van der Waals surface area (Å²) >= 11 is 0. The van der Waals surface area contributed by atoms with Crippen LogP contribution < -0.4 is 0 Å². The fourth-order valence-corrected chi connectivity index (χ4v) is 4.80. The summed E-state index contributed by atoms with van der Waals surface area (Å²) in [5.74, 6) is -3.31. The molecule has 13 nitrogen and oxygen atoms in total. The highest BCUT2D eigenvalue weighted by Crippen LogP contribution is 2.45. The molecule has 9 atom stereocenters. The third-order valence-corrected chi connectivity index (χ3v) is 6.81. The molecule has 1 fully saturated rings. The third kappa shape index (κ3) is 5.99. The molecule has 1 aliphatic carbocycles. The minimum Gasteiger partial charge on any atom is -0.508 e. The Bertz CT molecular complexity index is 1130. The van der Waals surface area contributed by atoms with Gasteiger partial charge in [-0.1, -0.05) is 12.1 Å². The van der Waals surface area contributed by atoms with Crippen LogP contribution in [0.5, 0.6) is 5.75 Å². The van der Waals surface area contributed by atoms with Gasteiger partial charge >= 0.3 is 11.9 Å². The predicted molar refractivity (Wildman–Crippen MR) is 129 cm³/mol. The van der Waals surface area contributed by atoms with Crippen molar-refractivity contribution in [2.24, 2.45) is 11.8 Å². The Hall–Kier alpha value is -3.30. The van der Waals surface area contributed by atoms with Crippen molar-refractivity contribution >= 4 is 18.0 Å². The van der Waals surface area contributed by atoms with E-state index in [1.807, 2.05) is 0 Å². The first-order valence-electron chi connectivity index (χ1n) is 12.1. The fourth-order valence-electron chi connectivity index (χ4n) is 4.80. The highest BCUT2D eigenvalue weighted by Gasteiger charge is 2.53. The van der Waals surface area contributed by atoms with Crippen LogP contribution >= 0.6 is 0 Å². The zero-order valence-electron chi connectivity index (χ0n) is 20.8. The Morgan fingerprint density at radius 3 is 2.36 bits per heavy atom. The number of fused-ring (bicyclic) bond motifs is 1. The van der Waals surface area contributed by atoms with Gasteiger partial charge in [-0.3, -0.25) is 0 Å². The normalized spacial score (nSPS) is 34.1. The molecule has 0 spiro atoms. The van der Waals surface area contributed by atoms with Crippen LogP contribution in [-0.4, -0.2) is 106 Å². The lowest BCUT2D eigenvalue weighted by Gasteiger charge is -2.43. The van der Waals surface area contributed by atoms with Crippen molar-refractivity contribution in [3.63, 3.8) is 0 Å². The van der Waals surface area contributed by atoms with Crippen LogP contribution in [-0.2, 0) is 33.3 Å². The summed E-state index contributed by atoms with van der Waals surface area (Å²) in [4.78, 5) is 25.2. The molecule has 0 radical (unpaired) electrons. The number of ether oxygens (including phenoxy) is 5. The number of aliphatic hydroxyl groups excluding tert-OH is 5. The van der Waals surface area contributed by atoms with E-state index in [0.29, 0.717) is 11.1 Å². The number of esters is 2. The van der Waals surface area contributed by atoms with Crippen molar-refractivity contribution in [1.82, 2.24) is 0 Å². The van der Waals surface area contributed by atoms with Gasteiger partial charge in [-0.25, -0.2) is 9.59 Å². The van der Waals surface area contributed by atoms with Crippen LogP contribution in [0.3, 0.4) is 0 Å². The van der Waals surface area contributed by atoms with Gasteiger partial charge in [-0.05, 0) is 35.4 Å². The summed E-state index contributed by atoms with van der Waals surface area (Å²) in [6.07, 6.45) is -5.04. The van der Waals surface area contributed by atoms with Crippen LogP contribution in [0.1, 0.15) is 5.56 Å². The molecule has 0 aromatic heterocycles. The lowest BCUT2D eigenvalue weighted by atomic mass is 9.82. The number of hydrogen-bond acceptors (Lipinski definition) is 13. The van der Waals surface area contributed by atoms with Crippen molar-refractivity contribution < 1.29 is 63.9 Å². The Labute approximate surface area is 222 Å². The van der Waals surface area contributed by atoms with Gasteiger partial charge < -0.3 is 54.3 Å². The molecule has 9 unspecified atom stereocenters. The predicted octanol–water partition coefficient (Wildman–Crippen LogP) is -1.29. The number of phenolic OH excluding ortho intramolecular Hbond substituents is 1. The molecule has 1 aromatic carbocycles. The molecule has 39 heavy (non-hydrogen) atoms. The molecule has 13 heteroatoms. The Morgan fingerprint density at radius 2 is 1.72 bits per heavy atom.